The maximum atomic E-state index is 7.95. The van der Waals surface area contributed by atoms with Gasteiger partial charge < -0.3 is 23.4 Å². The third kappa shape index (κ3) is 3.87. The Morgan fingerprint density at radius 1 is 1.43 bits per heavy atom. The molecule has 0 spiro atoms. The first-order valence-electron chi connectivity index (χ1n) is 8.88. The summed E-state index contributed by atoms with van der Waals surface area (Å²) in [5.74, 6) is 0. The molecule has 7 heteroatoms. The van der Waals surface area contributed by atoms with E-state index in [1.54, 1.807) is 0 Å². The van der Waals surface area contributed by atoms with Crippen LogP contribution in [0.1, 0.15) is 42.9 Å². The topological polar surface area (TPSA) is 44.5 Å². The van der Waals surface area contributed by atoms with Gasteiger partial charge in [0.1, 0.15) is 24.4 Å². The normalized spacial score (nSPS) is 35.1. The molecule has 6 nitrogen and oxygen atoms in total. The van der Waals surface area contributed by atoms with Crippen molar-refractivity contribution in [3.63, 3.8) is 0 Å². The van der Waals surface area contributed by atoms with Gasteiger partial charge in [-0.2, -0.15) is 0 Å². The molecule has 0 aromatic carbocycles. The summed E-state index contributed by atoms with van der Waals surface area (Å²) in [5, 5.41) is 0. The first-order chi connectivity index (χ1) is 11.4. The third-order valence-electron chi connectivity index (χ3n) is 4.26. The fourth-order valence-electron chi connectivity index (χ4n) is 3.10. The van der Waals surface area contributed by atoms with Gasteiger partial charge in [-0.15, -0.1) is 0 Å². The number of ether oxygens (including phenoxy) is 2. The second-order valence-corrected chi connectivity index (χ2v) is 8.04. The van der Waals surface area contributed by atoms with Crippen LogP contribution in [0.4, 0.5) is 0 Å². The minimum atomic E-state index is -1.35. The van der Waals surface area contributed by atoms with Gasteiger partial charge >= 0.3 is 0 Å². The summed E-state index contributed by atoms with van der Waals surface area (Å²) in [6.07, 6.45) is -0.615. The number of fused-ring (bicyclic) bond motifs is 2. The summed E-state index contributed by atoms with van der Waals surface area (Å²) in [6.45, 7) is 18.5. The van der Waals surface area contributed by atoms with Gasteiger partial charge in [-0.25, -0.2) is 11.2 Å². The van der Waals surface area contributed by atoms with Crippen LogP contribution >= 0.6 is 8.53 Å². The van der Waals surface area contributed by atoms with E-state index in [2.05, 4.69) is 37.2 Å². The molecule has 0 aliphatic carbocycles. The van der Waals surface area contributed by atoms with E-state index in [1.807, 2.05) is 6.92 Å². The summed E-state index contributed by atoms with van der Waals surface area (Å²) >= 11 is 0. The summed E-state index contributed by atoms with van der Waals surface area (Å²) in [6, 6.07) is 0.489. The van der Waals surface area contributed by atoms with Crippen LogP contribution in [0.15, 0.2) is 0 Å². The maximum Gasteiger partial charge on any atom is 0.259 e. The van der Waals surface area contributed by atoms with Gasteiger partial charge in [0.15, 0.2) is 0 Å². The third-order valence-corrected chi connectivity index (χ3v) is 6.37. The highest BCUT2D eigenvalue weighted by molar-refractivity contribution is 7.44. The Morgan fingerprint density at radius 2 is 2.13 bits per heavy atom. The smallest absolute Gasteiger partial charge is 0.259 e. The second kappa shape index (κ2) is 7.74. The SMILES string of the molecule is [2H]C[C@]12OC[C@H](O[C@H]1C)[C@@H]2OP(OCC[N+]#[C-])N(C(C)C)C(C)C. The van der Waals surface area contributed by atoms with Crippen LogP contribution in [0.25, 0.3) is 4.85 Å². The Bertz CT molecular complexity index is 454. The molecule has 2 rings (SSSR count). The van der Waals surface area contributed by atoms with Crippen molar-refractivity contribution in [1.29, 1.82) is 0 Å². The molecule has 0 aromatic heterocycles. The van der Waals surface area contributed by atoms with Crippen molar-refractivity contribution in [2.75, 3.05) is 19.8 Å². The average Bonchev–Trinajstić information content (AvgIpc) is 2.98. The molecule has 5 atom stereocenters. The fraction of sp³-hybridized carbons (Fsp3) is 0.938. The van der Waals surface area contributed by atoms with Crippen molar-refractivity contribution in [2.24, 2.45) is 0 Å². The standard InChI is InChI=1S/C16H29N2O4P/c1-11(2)18(12(3)4)23(20-9-8-17-7)22-15-14-10-19-16(15,6)13(5)21-14/h11-15H,8-10H2,1-6H3/t13-,14-,15-,16-,23?/m0/s1/i6D. The molecule has 0 aromatic rings. The molecular formula is C16H29N2O4P. The second-order valence-electron chi connectivity index (χ2n) is 6.63. The van der Waals surface area contributed by atoms with Crippen LogP contribution in [0, 0.1) is 6.57 Å². The average molecular weight is 345 g/mol. The molecule has 0 radical (unpaired) electrons. The first kappa shape index (κ1) is 17.5. The fourth-order valence-corrected chi connectivity index (χ4v) is 4.91. The molecule has 2 aliphatic rings. The molecule has 2 saturated heterocycles. The van der Waals surface area contributed by atoms with E-state index in [0.717, 1.165) is 0 Å². The number of hydrogen-bond donors (Lipinski definition) is 0. The minimum Gasteiger partial charge on any atom is -0.367 e. The van der Waals surface area contributed by atoms with Crippen molar-refractivity contribution in [3.8, 4) is 0 Å². The van der Waals surface area contributed by atoms with Crippen molar-refractivity contribution >= 4 is 8.53 Å². The molecule has 2 fully saturated rings. The van der Waals surface area contributed by atoms with Crippen molar-refractivity contribution < 1.29 is 19.9 Å². The Labute approximate surface area is 142 Å². The monoisotopic (exact) mass is 345 g/mol. The lowest BCUT2D eigenvalue weighted by Gasteiger charge is -2.38. The Morgan fingerprint density at radius 3 is 2.65 bits per heavy atom. The molecule has 132 valence electrons. The van der Waals surface area contributed by atoms with E-state index in [4.69, 9.17) is 26.5 Å². The lowest BCUT2D eigenvalue weighted by atomic mass is 9.96. The summed E-state index contributed by atoms with van der Waals surface area (Å²) in [5.41, 5.74) is -0.714. The summed E-state index contributed by atoms with van der Waals surface area (Å²) in [4.78, 5) is 3.35. The molecule has 0 N–H and O–H groups in total. The minimum absolute atomic E-state index is 0.101. The van der Waals surface area contributed by atoms with Gasteiger partial charge in [0.2, 0.25) is 6.54 Å². The zero-order valence-corrected chi connectivity index (χ0v) is 15.6. The van der Waals surface area contributed by atoms with Crippen LogP contribution in [0.2, 0.25) is 0 Å². The van der Waals surface area contributed by atoms with Crippen molar-refractivity contribution in [3.05, 3.63) is 11.4 Å². The predicted molar refractivity (Wildman–Crippen MR) is 90.0 cm³/mol. The van der Waals surface area contributed by atoms with E-state index in [-0.39, 0.29) is 37.3 Å². The molecule has 0 saturated carbocycles. The summed E-state index contributed by atoms with van der Waals surface area (Å²) < 4.78 is 34.3. The summed E-state index contributed by atoms with van der Waals surface area (Å²) in [7, 11) is -1.35. The molecule has 0 amide bonds. The van der Waals surface area contributed by atoms with Gasteiger partial charge in [0.25, 0.3) is 8.53 Å². The highest BCUT2D eigenvalue weighted by Gasteiger charge is 2.60. The van der Waals surface area contributed by atoms with Gasteiger partial charge in [-0.3, -0.25) is 0 Å². The van der Waals surface area contributed by atoms with E-state index < -0.39 is 14.1 Å². The first-order valence-corrected chi connectivity index (χ1v) is 9.30. The zero-order chi connectivity index (χ0) is 17.9. The molecule has 1 unspecified atom stereocenters. The highest BCUT2D eigenvalue weighted by Crippen LogP contribution is 2.53. The molecule has 2 heterocycles. The van der Waals surface area contributed by atoms with E-state index in [1.165, 1.54) is 0 Å². The van der Waals surface area contributed by atoms with Crippen LogP contribution in [-0.4, -0.2) is 60.4 Å². The van der Waals surface area contributed by atoms with Gasteiger partial charge in [-0.1, -0.05) is 0 Å². The Hall–Kier alpha value is -0.280. The molecule has 23 heavy (non-hydrogen) atoms. The lowest BCUT2D eigenvalue weighted by molar-refractivity contribution is -0.133. The zero-order valence-electron chi connectivity index (χ0n) is 15.7. The Kier molecular flexibility index (Phi) is 5.90. The van der Waals surface area contributed by atoms with Crippen LogP contribution in [0.3, 0.4) is 0 Å². The van der Waals surface area contributed by atoms with Gasteiger partial charge in [0.05, 0.1) is 12.7 Å². The van der Waals surface area contributed by atoms with Crippen molar-refractivity contribution in [1.82, 2.24) is 4.67 Å². The lowest BCUT2D eigenvalue weighted by Crippen LogP contribution is -2.44. The van der Waals surface area contributed by atoms with Gasteiger partial charge in [0, 0.05) is 13.5 Å². The van der Waals surface area contributed by atoms with Crippen LogP contribution in [-0.2, 0) is 18.5 Å². The molecular weight excluding hydrogens is 315 g/mol. The van der Waals surface area contributed by atoms with Crippen LogP contribution in [0.5, 0.6) is 0 Å². The quantitative estimate of drug-likeness (QED) is 0.384. The van der Waals surface area contributed by atoms with E-state index in [0.29, 0.717) is 19.8 Å². The Balaban J connectivity index is 2.17. The van der Waals surface area contributed by atoms with Crippen LogP contribution < -0.4 is 0 Å². The molecule has 2 aliphatic heterocycles. The van der Waals surface area contributed by atoms with E-state index >= 15 is 0 Å². The van der Waals surface area contributed by atoms with Crippen molar-refractivity contribution in [2.45, 2.75) is 77.5 Å². The largest absolute Gasteiger partial charge is 0.367 e. The number of rotatable bonds is 8. The van der Waals surface area contributed by atoms with E-state index in [9.17, 15) is 0 Å². The maximum absolute atomic E-state index is 7.95. The highest BCUT2D eigenvalue weighted by atomic mass is 31.2. The number of nitrogens with zero attached hydrogens (tertiary/aromatic N) is 2. The predicted octanol–water partition coefficient (Wildman–Crippen LogP) is 3.23. The molecule has 2 bridgehead atoms. The van der Waals surface area contributed by atoms with Gasteiger partial charge in [-0.05, 0) is 41.5 Å². The number of hydrogen-bond acceptors (Lipinski definition) is 5.